The number of hydrogen-bond acceptors (Lipinski definition) is 9. The maximum Gasteiger partial charge on any atom is 0.435 e. The molecule has 2 aliphatic carbocycles. The third kappa shape index (κ3) is 6.41. The second kappa shape index (κ2) is 13.4. The molecule has 5 aliphatic rings. The Morgan fingerprint density at radius 2 is 1.75 bits per heavy atom. The molecule has 59 heavy (non-hydrogen) atoms. The summed E-state index contributed by atoms with van der Waals surface area (Å²) < 4.78 is 123. The van der Waals surface area contributed by atoms with Gasteiger partial charge < -0.3 is 20.7 Å². The molecular weight excluding hydrogens is 813 g/mol. The van der Waals surface area contributed by atoms with Crippen LogP contribution in [0.2, 0.25) is 0 Å². The highest BCUT2D eigenvalue weighted by molar-refractivity contribution is 7.22. The monoisotopic (exact) mass is 844 g/mol. The third-order valence-electron chi connectivity index (χ3n) is 12.1. The lowest BCUT2D eigenvalue weighted by Crippen LogP contribution is -2.56. The maximum absolute atomic E-state index is 15.4. The number of nitrogens with two attached hydrogens (primary N) is 1. The average molecular weight is 845 g/mol. The SMILES string of the molecule is NC(=O)c1cc(-c2cc3sc(N4C[C@@H]5C[C@H]4CN5C4COC4)nc3nc2[C@H](Cc2cc(F)cc(F)c2)NC(=O)Cn2nc(C(F)(F)F)c3c2C(F)(F)[C@@H]2C[C@H]32)ccc1F. The van der Waals surface area contributed by atoms with Gasteiger partial charge in [0.2, 0.25) is 5.91 Å². The zero-order valence-corrected chi connectivity index (χ0v) is 31.4. The molecule has 6 heterocycles. The van der Waals surface area contributed by atoms with E-state index < -0.39 is 88.3 Å². The number of piperazine rings is 1. The van der Waals surface area contributed by atoms with Gasteiger partial charge in [-0.3, -0.25) is 19.2 Å². The Morgan fingerprint density at radius 3 is 2.41 bits per heavy atom. The van der Waals surface area contributed by atoms with E-state index >= 15 is 8.78 Å². The Balaban J connectivity index is 1.06. The van der Waals surface area contributed by atoms with Crippen LogP contribution in [0.3, 0.4) is 0 Å². The van der Waals surface area contributed by atoms with E-state index in [1.807, 2.05) is 0 Å². The smallest absolute Gasteiger partial charge is 0.378 e. The lowest BCUT2D eigenvalue weighted by atomic mass is 9.94. The van der Waals surface area contributed by atoms with Gasteiger partial charge in [-0.05, 0) is 66.6 Å². The van der Waals surface area contributed by atoms with Gasteiger partial charge in [0.05, 0.1) is 41.3 Å². The number of halogens is 8. The van der Waals surface area contributed by atoms with Crippen molar-refractivity contribution in [2.45, 2.75) is 68.0 Å². The van der Waals surface area contributed by atoms with Crippen LogP contribution in [0.5, 0.6) is 0 Å². The van der Waals surface area contributed by atoms with Crippen molar-refractivity contribution in [1.29, 1.82) is 0 Å². The number of nitrogens with one attached hydrogen (secondary N) is 1. The second-order valence-corrected chi connectivity index (χ2v) is 16.8. The summed E-state index contributed by atoms with van der Waals surface area (Å²) in [6.07, 6.45) is -4.65. The first-order valence-corrected chi connectivity index (χ1v) is 19.7. The number of thiazole rings is 1. The number of anilines is 1. The van der Waals surface area contributed by atoms with E-state index in [-0.39, 0.29) is 46.9 Å². The minimum Gasteiger partial charge on any atom is -0.378 e. The van der Waals surface area contributed by atoms with Gasteiger partial charge in [-0.15, -0.1) is 0 Å². The molecule has 11 nitrogen and oxygen atoms in total. The lowest BCUT2D eigenvalue weighted by Gasteiger charge is -2.42. The number of ether oxygens (including phenoxy) is 1. The predicted molar refractivity (Wildman–Crippen MR) is 195 cm³/mol. The summed E-state index contributed by atoms with van der Waals surface area (Å²) in [5.41, 5.74) is 2.62. The van der Waals surface area contributed by atoms with Gasteiger partial charge in [-0.25, -0.2) is 18.2 Å². The first kappa shape index (κ1) is 38.0. The van der Waals surface area contributed by atoms with Crippen molar-refractivity contribution in [3.8, 4) is 11.1 Å². The number of likely N-dealkylation sites (tertiary alicyclic amines) is 1. The summed E-state index contributed by atoms with van der Waals surface area (Å²) in [6.45, 7) is 1.83. The summed E-state index contributed by atoms with van der Waals surface area (Å²) in [5.74, 6) is -11.0. The van der Waals surface area contributed by atoms with Gasteiger partial charge in [0.1, 0.15) is 29.7 Å². The van der Waals surface area contributed by atoms with Crippen LogP contribution in [0.4, 0.5) is 40.3 Å². The largest absolute Gasteiger partial charge is 0.435 e. The number of hydrogen-bond donors (Lipinski definition) is 2. The molecule has 10 rings (SSSR count). The zero-order chi connectivity index (χ0) is 41.3. The van der Waals surface area contributed by atoms with Crippen molar-refractivity contribution in [2.75, 3.05) is 31.2 Å². The summed E-state index contributed by atoms with van der Waals surface area (Å²) in [7, 11) is 0. The molecule has 2 aromatic carbocycles. The number of rotatable bonds is 10. The normalized spacial score (nSPS) is 23.7. The highest BCUT2D eigenvalue weighted by Crippen LogP contribution is 2.68. The fraction of sp³-hybridized carbons (Fsp3) is 0.410. The number of alkyl halides is 5. The Kier molecular flexibility index (Phi) is 8.64. The molecule has 1 saturated carbocycles. The Hall–Kier alpha value is -5.21. The standard InChI is InChI=1S/C39H32F8N8O3S/c40-18-3-16(4-19(41)7-18)5-28(49-30(56)13-55-34-31(33(52-55)39(45,46)47)24-9-26(24)38(34,43)44)32-23(17-1-2-27(42)25(6-17)35(48)57)10-29-36(50-32)51-37(59-29)54-12-20-8-21(54)11-53(20)22-14-58-15-22/h1-4,6-7,10,20-22,24,26,28H,5,8-9,11-15H2,(H2,48,57)(H,49,56)/t20-,21-,24-,26+,28-/m0/s1. The molecule has 2 amide bonds. The van der Waals surface area contributed by atoms with Crippen LogP contribution < -0.4 is 16.0 Å². The number of carbonyl (C=O) groups excluding carboxylic acids is 2. The topological polar surface area (TPSA) is 132 Å². The summed E-state index contributed by atoms with van der Waals surface area (Å²) in [5, 5.41) is 6.76. The van der Waals surface area contributed by atoms with E-state index in [1.165, 1.54) is 23.5 Å². The molecule has 0 radical (unpaired) electrons. The number of fused-ring (bicyclic) bond motifs is 6. The molecule has 3 aliphatic heterocycles. The maximum atomic E-state index is 15.4. The zero-order valence-electron chi connectivity index (χ0n) is 30.6. The van der Waals surface area contributed by atoms with E-state index in [2.05, 4.69) is 20.2 Å². The number of nitrogens with zero attached hydrogens (tertiary/aromatic N) is 6. The summed E-state index contributed by atoms with van der Waals surface area (Å²) in [4.78, 5) is 40.5. The van der Waals surface area contributed by atoms with Gasteiger partial charge in [-0.1, -0.05) is 17.4 Å². The molecule has 3 aromatic heterocycles. The van der Waals surface area contributed by atoms with Crippen LogP contribution in [-0.4, -0.2) is 80.9 Å². The molecule has 3 saturated heterocycles. The van der Waals surface area contributed by atoms with Crippen LogP contribution in [0, 0.1) is 23.4 Å². The Labute approximate surface area is 333 Å². The first-order chi connectivity index (χ1) is 28.0. The molecule has 4 fully saturated rings. The molecule has 5 atom stereocenters. The number of pyridine rings is 1. The minimum atomic E-state index is -5.07. The fourth-order valence-corrected chi connectivity index (χ4v) is 10.3. The van der Waals surface area contributed by atoms with Gasteiger partial charge >= 0.3 is 6.18 Å². The van der Waals surface area contributed by atoms with E-state index in [0.29, 0.717) is 52.4 Å². The predicted octanol–water partition coefficient (Wildman–Crippen LogP) is 6.06. The molecule has 3 N–H and O–H groups in total. The van der Waals surface area contributed by atoms with Crippen molar-refractivity contribution in [3.05, 3.63) is 93.7 Å². The molecule has 308 valence electrons. The highest BCUT2D eigenvalue weighted by atomic mass is 32.1. The van der Waals surface area contributed by atoms with E-state index in [9.17, 15) is 35.9 Å². The van der Waals surface area contributed by atoms with Crippen LogP contribution in [-0.2, 0) is 34.6 Å². The first-order valence-electron chi connectivity index (χ1n) is 18.8. The van der Waals surface area contributed by atoms with Crippen LogP contribution >= 0.6 is 11.3 Å². The van der Waals surface area contributed by atoms with Crippen LogP contribution in [0.1, 0.15) is 63.4 Å². The van der Waals surface area contributed by atoms with E-state index in [0.717, 1.165) is 31.2 Å². The highest BCUT2D eigenvalue weighted by Gasteiger charge is 2.68. The van der Waals surface area contributed by atoms with Gasteiger partial charge in [-0.2, -0.15) is 32.0 Å². The van der Waals surface area contributed by atoms with Crippen molar-refractivity contribution in [2.24, 2.45) is 11.7 Å². The van der Waals surface area contributed by atoms with E-state index in [4.69, 9.17) is 20.4 Å². The van der Waals surface area contributed by atoms with Gasteiger partial charge in [0.15, 0.2) is 16.5 Å². The number of amides is 2. The quantitative estimate of drug-likeness (QED) is 0.162. The van der Waals surface area contributed by atoms with Crippen molar-refractivity contribution in [3.63, 3.8) is 0 Å². The third-order valence-corrected chi connectivity index (χ3v) is 13.1. The van der Waals surface area contributed by atoms with E-state index in [1.54, 1.807) is 6.07 Å². The second-order valence-electron chi connectivity index (χ2n) is 15.8. The molecule has 20 heteroatoms. The Bertz CT molecular complexity index is 2560. The lowest BCUT2D eigenvalue weighted by molar-refractivity contribution is -0.142. The number of benzene rings is 2. The fourth-order valence-electron chi connectivity index (χ4n) is 9.31. The number of aromatic nitrogens is 4. The molecule has 0 spiro atoms. The summed E-state index contributed by atoms with van der Waals surface area (Å²) in [6, 6.07) is 7.35. The van der Waals surface area contributed by atoms with Gasteiger partial charge in [0, 0.05) is 48.3 Å². The molecular formula is C39H32F8N8O3S. The number of carbonyl (C=O) groups is 2. The minimum absolute atomic E-state index is 0.0155. The van der Waals surface area contributed by atoms with Crippen LogP contribution in [0.25, 0.3) is 21.5 Å². The Morgan fingerprint density at radius 1 is 0.983 bits per heavy atom. The van der Waals surface area contributed by atoms with Crippen molar-refractivity contribution >= 4 is 38.6 Å². The van der Waals surface area contributed by atoms with Crippen molar-refractivity contribution in [1.82, 2.24) is 30.0 Å². The van der Waals surface area contributed by atoms with Gasteiger partial charge in [0.25, 0.3) is 11.8 Å². The molecule has 0 unspecified atom stereocenters. The number of primary amides is 1. The molecule has 2 bridgehead atoms. The summed E-state index contributed by atoms with van der Waals surface area (Å²) >= 11 is 1.33. The molecule has 5 aromatic rings. The van der Waals surface area contributed by atoms with Crippen molar-refractivity contribution < 1.29 is 49.4 Å². The van der Waals surface area contributed by atoms with Crippen LogP contribution in [0.15, 0.2) is 42.5 Å². The average Bonchev–Trinajstić information content (AvgIpc) is 3.47.